The lowest BCUT2D eigenvalue weighted by Gasteiger charge is -2.33. The Morgan fingerprint density at radius 1 is 1.17 bits per heavy atom. The molecule has 1 aliphatic heterocycles. The second kappa shape index (κ2) is 5.52. The van der Waals surface area contributed by atoms with E-state index in [1.807, 2.05) is 0 Å². The molecule has 1 fully saturated rings. The van der Waals surface area contributed by atoms with E-state index in [0.717, 1.165) is 4.90 Å². The van der Waals surface area contributed by atoms with Crippen LogP contribution in [0.1, 0.15) is 13.3 Å². The molecule has 1 saturated heterocycles. The fourth-order valence-corrected chi connectivity index (χ4v) is 1.82. The summed E-state index contributed by atoms with van der Waals surface area (Å²) < 4.78 is 4.75. The zero-order valence-electron chi connectivity index (χ0n) is 9.96. The Bertz CT molecular complexity index is 369. The number of nitrogens with zero attached hydrogens (tertiary/aromatic N) is 1. The maximum absolute atomic E-state index is 11.6. The van der Waals surface area contributed by atoms with Crippen molar-refractivity contribution >= 4 is 18.0 Å². The minimum Gasteiger partial charge on any atom is -0.481 e. The maximum Gasteiger partial charge on any atom is 0.414 e. The van der Waals surface area contributed by atoms with Crippen LogP contribution in [0, 0.1) is 11.8 Å². The van der Waals surface area contributed by atoms with Gasteiger partial charge in [0.2, 0.25) is 0 Å². The first-order valence-corrected chi connectivity index (χ1v) is 5.39. The fourth-order valence-electron chi connectivity index (χ4n) is 1.82. The Hall–Kier alpha value is -2.05. The summed E-state index contributed by atoms with van der Waals surface area (Å²) in [6.07, 6.45) is -0.749. The molecule has 100 valence electrons. The molecule has 1 heterocycles. The number of rotatable bonds is 3. The standard InChI is InChI=1S/C11H15NO6/c1-6(2)18-11(17)12-4-7(9(13)14)3-8(5-12)10(15)16/h7-8H,1,3-5H2,2H3,(H,13,14)(H,15,16)/t7-,8+. The van der Waals surface area contributed by atoms with E-state index in [1.54, 1.807) is 0 Å². The quantitative estimate of drug-likeness (QED) is 0.723. The molecule has 7 heteroatoms. The van der Waals surface area contributed by atoms with Gasteiger partial charge in [0.25, 0.3) is 0 Å². The molecule has 0 saturated carbocycles. The van der Waals surface area contributed by atoms with Gasteiger partial charge in [-0.15, -0.1) is 0 Å². The summed E-state index contributed by atoms with van der Waals surface area (Å²) in [5, 5.41) is 17.9. The molecule has 1 aliphatic rings. The van der Waals surface area contributed by atoms with E-state index in [0.29, 0.717) is 0 Å². The zero-order chi connectivity index (χ0) is 13.9. The molecule has 7 nitrogen and oxygen atoms in total. The lowest BCUT2D eigenvalue weighted by molar-refractivity contribution is -0.149. The van der Waals surface area contributed by atoms with Crippen molar-refractivity contribution in [2.24, 2.45) is 11.8 Å². The largest absolute Gasteiger partial charge is 0.481 e. The first-order valence-electron chi connectivity index (χ1n) is 5.39. The summed E-state index contributed by atoms with van der Waals surface area (Å²) in [5.74, 6) is -3.84. The van der Waals surface area contributed by atoms with Crippen molar-refractivity contribution < 1.29 is 29.3 Å². The van der Waals surface area contributed by atoms with Gasteiger partial charge in [-0.3, -0.25) is 9.59 Å². The number of allylic oxidation sites excluding steroid dienone is 1. The molecule has 0 bridgehead atoms. The van der Waals surface area contributed by atoms with Gasteiger partial charge in [-0.1, -0.05) is 6.58 Å². The van der Waals surface area contributed by atoms with E-state index in [2.05, 4.69) is 6.58 Å². The number of piperidine rings is 1. The van der Waals surface area contributed by atoms with Crippen LogP contribution >= 0.6 is 0 Å². The van der Waals surface area contributed by atoms with Crippen LogP contribution in [-0.4, -0.2) is 46.2 Å². The van der Waals surface area contributed by atoms with Crippen LogP contribution in [0.15, 0.2) is 12.3 Å². The van der Waals surface area contributed by atoms with Crippen molar-refractivity contribution in [3.63, 3.8) is 0 Å². The predicted octanol–water partition coefficient (Wildman–Crippen LogP) is 0.764. The highest BCUT2D eigenvalue weighted by Crippen LogP contribution is 2.23. The SMILES string of the molecule is C=C(C)OC(=O)N1C[C@H](C(=O)O)C[C@H](C(=O)O)C1. The number of aliphatic carboxylic acids is 2. The number of carbonyl (C=O) groups excluding carboxylic acids is 1. The van der Waals surface area contributed by atoms with Crippen molar-refractivity contribution in [3.8, 4) is 0 Å². The minimum atomic E-state index is -1.12. The van der Waals surface area contributed by atoms with Gasteiger partial charge in [0, 0.05) is 13.1 Å². The van der Waals surface area contributed by atoms with Crippen molar-refractivity contribution in [2.45, 2.75) is 13.3 Å². The molecule has 1 rings (SSSR count). The van der Waals surface area contributed by atoms with Crippen LogP contribution in [0.2, 0.25) is 0 Å². The third kappa shape index (κ3) is 3.47. The highest BCUT2D eigenvalue weighted by molar-refractivity contribution is 5.77. The number of hydrogen-bond acceptors (Lipinski definition) is 4. The van der Waals surface area contributed by atoms with E-state index in [9.17, 15) is 14.4 Å². The number of ether oxygens (including phenoxy) is 1. The zero-order valence-corrected chi connectivity index (χ0v) is 9.96. The monoisotopic (exact) mass is 257 g/mol. The Morgan fingerprint density at radius 2 is 1.61 bits per heavy atom. The molecule has 2 atom stereocenters. The molecule has 0 unspecified atom stereocenters. The Morgan fingerprint density at radius 3 is 1.94 bits per heavy atom. The second-order valence-electron chi connectivity index (χ2n) is 4.28. The van der Waals surface area contributed by atoms with Gasteiger partial charge in [0.05, 0.1) is 17.6 Å². The van der Waals surface area contributed by atoms with Gasteiger partial charge in [-0.05, 0) is 13.3 Å². The van der Waals surface area contributed by atoms with Crippen LogP contribution in [-0.2, 0) is 14.3 Å². The summed E-state index contributed by atoms with van der Waals surface area (Å²) >= 11 is 0. The van der Waals surface area contributed by atoms with Gasteiger partial charge < -0.3 is 19.8 Å². The first-order chi connectivity index (χ1) is 8.31. The molecule has 0 aliphatic carbocycles. The third-order valence-electron chi connectivity index (χ3n) is 2.67. The molecule has 1 amide bonds. The van der Waals surface area contributed by atoms with E-state index < -0.39 is 29.9 Å². The van der Waals surface area contributed by atoms with Crippen LogP contribution in [0.4, 0.5) is 4.79 Å². The fraction of sp³-hybridized carbons (Fsp3) is 0.545. The summed E-state index contributed by atoms with van der Waals surface area (Å²) in [6.45, 7) is 4.77. The molecule has 0 spiro atoms. The van der Waals surface area contributed by atoms with Crippen LogP contribution < -0.4 is 0 Å². The number of carboxylic acids is 2. The average Bonchev–Trinajstić information content (AvgIpc) is 2.27. The Balaban J connectivity index is 2.78. The average molecular weight is 257 g/mol. The first kappa shape index (κ1) is 14.0. The van der Waals surface area contributed by atoms with Crippen LogP contribution in [0.25, 0.3) is 0 Å². The molecule has 0 aromatic carbocycles. The van der Waals surface area contributed by atoms with Gasteiger partial charge in [0.15, 0.2) is 0 Å². The molecular weight excluding hydrogens is 242 g/mol. The third-order valence-corrected chi connectivity index (χ3v) is 2.67. The summed E-state index contributed by atoms with van der Waals surface area (Å²) in [4.78, 5) is 34.5. The summed E-state index contributed by atoms with van der Waals surface area (Å²) in [6, 6.07) is 0. The Kier molecular flexibility index (Phi) is 4.30. The van der Waals surface area contributed by atoms with Crippen LogP contribution in [0.3, 0.4) is 0 Å². The lowest BCUT2D eigenvalue weighted by Crippen LogP contribution is -2.48. The van der Waals surface area contributed by atoms with Gasteiger partial charge in [0.1, 0.15) is 0 Å². The number of hydrogen-bond donors (Lipinski definition) is 2. The van der Waals surface area contributed by atoms with E-state index in [4.69, 9.17) is 14.9 Å². The highest BCUT2D eigenvalue weighted by Gasteiger charge is 2.37. The van der Waals surface area contributed by atoms with Crippen LogP contribution in [0.5, 0.6) is 0 Å². The smallest absolute Gasteiger partial charge is 0.414 e. The number of carbonyl (C=O) groups is 3. The van der Waals surface area contributed by atoms with Crippen molar-refractivity contribution in [3.05, 3.63) is 12.3 Å². The van der Waals surface area contributed by atoms with E-state index in [1.165, 1.54) is 6.92 Å². The topological polar surface area (TPSA) is 104 Å². The van der Waals surface area contributed by atoms with E-state index >= 15 is 0 Å². The van der Waals surface area contributed by atoms with Gasteiger partial charge in [-0.2, -0.15) is 0 Å². The predicted molar refractivity (Wildman–Crippen MR) is 59.7 cm³/mol. The Labute approximate surface area is 104 Å². The summed E-state index contributed by atoms with van der Waals surface area (Å²) in [5.41, 5.74) is 0. The molecule has 0 aromatic rings. The van der Waals surface area contributed by atoms with Crippen molar-refractivity contribution in [1.82, 2.24) is 4.90 Å². The molecule has 0 radical (unpaired) electrons. The number of likely N-dealkylation sites (tertiary alicyclic amines) is 1. The normalized spacial score (nSPS) is 23.3. The summed E-state index contributed by atoms with van der Waals surface area (Å²) in [7, 11) is 0. The lowest BCUT2D eigenvalue weighted by atomic mass is 9.89. The van der Waals surface area contributed by atoms with Crippen molar-refractivity contribution in [1.29, 1.82) is 0 Å². The maximum atomic E-state index is 11.6. The van der Waals surface area contributed by atoms with Gasteiger partial charge in [-0.25, -0.2) is 4.79 Å². The molecule has 18 heavy (non-hydrogen) atoms. The number of carboxylic acid groups (broad SMARTS) is 2. The number of amides is 1. The van der Waals surface area contributed by atoms with Crippen molar-refractivity contribution in [2.75, 3.05) is 13.1 Å². The molecule has 0 aromatic heterocycles. The highest BCUT2D eigenvalue weighted by atomic mass is 16.6. The van der Waals surface area contributed by atoms with Gasteiger partial charge >= 0.3 is 18.0 Å². The van der Waals surface area contributed by atoms with E-state index in [-0.39, 0.29) is 25.3 Å². The minimum absolute atomic E-state index is 0.0154. The molecule has 2 N–H and O–H groups in total. The molecular formula is C11H15NO6. The second-order valence-corrected chi connectivity index (χ2v) is 4.28.